The van der Waals surface area contributed by atoms with Crippen LogP contribution in [-0.2, 0) is 46.0 Å². The molecule has 0 aliphatic carbocycles. The molecule has 10 nitrogen and oxygen atoms in total. The van der Waals surface area contributed by atoms with Gasteiger partial charge in [-0.1, -0.05) is 26.0 Å². The van der Waals surface area contributed by atoms with Crippen LogP contribution in [-0.4, -0.2) is 44.5 Å². The lowest BCUT2D eigenvalue weighted by Crippen LogP contribution is -2.52. The van der Waals surface area contributed by atoms with Gasteiger partial charge in [0.1, 0.15) is 24.2 Å². The molecule has 2 N–H and O–H groups in total. The molecule has 4 heterocycles. The summed E-state index contributed by atoms with van der Waals surface area (Å²) < 4.78 is 22.3. The van der Waals surface area contributed by atoms with Crippen LogP contribution in [0.3, 0.4) is 0 Å². The first-order valence-corrected chi connectivity index (χ1v) is 11.6. The van der Waals surface area contributed by atoms with Crippen molar-refractivity contribution in [2.45, 2.75) is 70.8 Å². The maximum atomic E-state index is 15.2. The summed E-state index contributed by atoms with van der Waals surface area (Å²) in [7, 11) is 0. The van der Waals surface area contributed by atoms with Crippen molar-refractivity contribution in [3.63, 3.8) is 0 Å². The standard InChI is InChI=1S/C24H26FN5O5/c1-24(2)7-8-30-17(24)9-15(28-30)12-35-23(34)26-10-13-3-4-14-11-29(22(33)19(14)20(13)25)16-5-6-18(31)27-21(16)32/h3-4,9,16H,5-8,10-12H2,1-2H3,(H,26,34)(H,27,31,32). The number of nitrogens with zero attached hydrogens (tertiary/aromatic N) is 3. The number of carbonyl (C=O) groups is 4. The number of piperidine rings is 1. The fourth-order valence-electron chi connectivity index (χ4n) is 4.92. The number of carbonyl (C=O) groups excluding carboxylic acids is 4. The Bertz CT molecular complexity index is 1250. The van der Waals surface area contributed by atoms with E-state index in [4.69, 9.17) is 4.74 Å². The molecule has 2 aromatic rings. The van der Waals surface area contributed by atoms with Gasteiger partial charge >= 0.3 is 6.09 Å². The normalized spacial score (nSPS) is 20.5. The van der Waals surface area contributed by atoms with Crippen molar-refractivity contribution in [2.75, 3.05) is 0 Å². The molecule has 35 heavy (non-hydrogen) atoms. The van der Waals surface area contributed by atoms with Gasteiger partial charge in [-0.15, -0.1) is 0 Å². The van der Waals surface area contributed by atoms with Crippen LogP contribution in [0.1, 0.15) is 66.0 Å². The number of imide groups is 1. The third-order valence-corrected chi connectivity index (χ3v) is 6.96. The molecule has 3 aliphatic heterocycles. The van der Waals surface area contributed by atoms with Gasteiger partial charge in [0.2, 0.25) is 11.8 Å². The van der Waals surface area contributed by atoms with Crippen molar-refractivity contribution in [2.24, 2.45) is 0 Å². The van der Waals surface area contributed by atoms with E-state index in [1.54, 1.807) is 6.07 Å². The zero-order valence-electron chi connectivity index (χ0n) is 19.5. The van der Waals surface area contributed by atoms with E-state index in [9.17, 15) is 19.2 Å². The number of aryl methyl sites for hydroxylation is 1. The van der Waals surface area contributed by atoms with Crippen LogP contribution in [0.2, 0.25) is 0 Å². The van der Waals surface area contributed by atoms with Crippen LogP contribution in [0.5, 0.6) is 0 Å². The predicted octanol–water partition coefficient (Wildman–Crippen LogP) is 1.89. The monoisotopic (exact) mass is 483 g/mol. The summed E-state index contributed by atoms with van der Waals surface area (Å²) in [5, 5.41) is 9.18. The molecule has 0 spiro atoms. The van der Waals surface area contributed by atoms with Gasteiger partial charge in [-0.2, -0.15) is 5.10 Å². The summed E-state index contributed by atoms with van der Waals surface area (Å²) in [5.74, 6) is -2.29. The highest BCUT2D eigenvalue weighted by Gasteiger charge is 2.40. The van der Waals surface area contributed by atoms with E-state index in [1.165, 1.54) is 11.0 Å². The van der Waals surface area contributed by atoms with E-state index >= 15 is 4.39 Å². The van der Waals surface area contributed by atoms with Gasteiger partial charge in [0, 0.05) is 42.7 Å². The van der Waals surface area contributed by atoms with Gasteiger partial charge in [0.15, 0.2) is 0 Å². The summed E-state index contributed by atoms with van der Waals surface area (Å²) in [6.45, 7) is 5.02. The Labute approximate surface area is 200 Å². The molecule has 11 heteroatoms. The fourth-order valence-corrected chi connectivity index (χ4v) is 4.92. The number of hydrogen-bond donors (Lipinski definition) is 2. The molecule has 1 saturated heterocycles. The van der Waals surface area contributed by atoms with E-state index in [-0.39, 0.29) is 55.0 Å². The molecule has 1 aromatic heterocycles. The Morgan fingerprint density at radius 1 is 1.31 bits per heavy atom. The Morgan fingerprint density at radius 2 is 2.11 bits per heavy atom. The SMILES string of the molecule is CC1(C)CCn2nc(COC(=O)NCc3ccc4c(c3F)C(=O)N(C3CCC(=O)NC3=O)C4)cc21. The van der Waals surface area contributed by atoms with Crippen LogP contribution in [0.4, 0.5) is 9.18 Å². The second-order valence-corrected chi connectivity index (χ2v) is 9.78. The average molecular weight is 484 g/mol. The van der Waals surface area contributed by atoms with Crippen LogP contribution < -0.4 is 10.6 Å². The molecule has 3 aliphatic rings. The molecule has 4 amide bonds. The van der Waals surface area contributed by atoms with Gasteiger partial charge in [-0.25, -0.2) is 9.18 Å². The summed E-state index contributed by atoms with van der Waals surface area (Å²) >= 11 is 0. The largest absolute Gasteiger partial charge is 0.443 e. The topological polar surface area (TPSA) is 123 Å². The third kappa shape index (κ3) is 4.15. The molecule has 184 valence electrons. The first-order valence-electron chi connectivity index (χ1n) is 11.6. The first-order chi connectivity index (χ1) is 16.6. The highest BCUT2D eigenvalue weighted by molar-refractivity contribution is 6.05. The summed E-state index contributed by atoms with van der Waals surface area (Å²) in [5.41, 5.74) is 2.25. The van der Waals surface area contributed by atoms with Crippen LogP contribution in [0.15, 0.2) is 18.2 Å². The lowest BCUT2D eigenvalue weighted by atomic mass is 9.88. The van der Waals surface area contributed by atoms with Crippen molar-refractivity contribution in [3.05, 3.63) is 52.1 Å². The summed E-state index contributed by atoms with van der Waals surface area (Å²) in [4.78, 5) is 49.9. The van der Waals surface area contributed by atoms with Crippen LogP contribution in [0.25, 0.3) is 0 Å². The summed E-state index contributed by atoms with van der Waals surface area (Å²) in [6, 6.07) is 4.22. The molecule has 0 bridgehead atoms. The van der Waals surface area contributed by atoms with Crippen molar-refractivity contribution < 1.29 is 28.3 Å². The minimum atomic E-state index is -0.821. The van der Waals surface area contributed by atoms with E-state index in [2.05, 4.69) is 29.6 Å². The number of amides is 4. The minimum Gasteiger partial charge on any atom is -0.443 e. The Balaban J connectivity index is 1.19. The number of benzene rings is 1. The van der Waals surface area contributed by atoms with Gasteiger partial charge in [0.05, 0.1) is 5.56 Å². The third-order valence-electron chi connectivity index (χ3n) is 6.96. The molecule has 1 unspecified atom stereocenters. The Morgan fingerprint density at radius 3 is 2.86 bits per heavy atom. The summed E-state index contributed by atoms with van der Waals surface area (Å²) in [6.07, 6.45) is 0.602. The van der Waals surface area contributed by atoms with Gasteiger partial charge in [-0.05, 0) is 24.5 Å². The number of fused-ring (bicyclic) bond motifs is 2. The van der Waals surface area contributed by atoms with E-state index in [0.717, 1.165) is 18.7 Å². The van der Waals surface area contributed by atoms with Crippen LogP contribution in [0, 0.1) is 5.82 Å². The second-order valence-electron chi connectivity index (χ2n) is 9.78. The lowest BCUT2D eigenvalue weighted by molar-refractivity contribution is -0.136. The predicted molar refractivity (Wildman–Crippen MR) is 119 cm³/mol. The van der Waals surface area contributed by atoms with E-state index in [0.29, 0.717) is 11.3 Å². The van der Waals surface area contributed by atoms with E-state index < -0.39 is 29.8 Å². The number of alkyl carbamates (subject to hydrolysis) is 1. The molecule has 0 radical (unpaired) electrons. The van der Waals surface area contributed by atoms with Gasteiger partial charge < -0.3 is 15.0 Å². The minimum absolute atomic E-state index is 0.00597. The number of ether oxygens (including phenoxy) is 1. The molecular weight excluding hydrogens is 457 g/mol. The molecule has 1 fully saturated rings. The lowest BCUT2D eigenvalue weighted by Gasteiger charge is -2.29. The van der Waals surface area contributed by atoms with E-state index in [1.807, 2.05) is 10.7 Å². The molecule has 0 saturated carbocycles. The fraction of sp³-hybridized carbons (Fsp3) is 0.458. The van der Waals surface area contributed by atoms with Crippen molar-refractivity contribution >= 4 is 23.8 Å². The highest BCUT2D eigenvalue weighted by Crippen LogP contribution is 2.34. The Hall–Kier alpha value is -3.76. The molecule has 1 aromatic carbocycles. The number of aromatic nitrogens is 2. The number of hydrogen-bond acceptors (Lipinski definition) is 6. The smallest absolute Gasteiger partial charge is 0.407 e. The number of nitrogens with one attached hydrogen (secondary N) is 2. The van der Waals surface area contributed by atoms with Crippen LogP contribution >= 0.6 is 0 Å². The van der Waals surface area contributed by atoms with Crippen molar-refractivity contribution in [1.29, 1.82) is 0 Å². The second kappa shape index (κ2) is 8.47. The quantitative estimate of drug-likeness (QED) is 0.627. The van der Waals surface area contributed by atoms with Gasteiger partial charge in [-0.3, -0.25) is 24.4 Å². The Kier molecular flexibility index (Phi) is 5.57. The van der Waals surface area contributed by atoms with Crippen molar-refractivity contribution in [1.82, 2.24) is 25.3 Å². The molecule has 1 atom stereocenters. The average Bonchev–Trinajstić information content (AvgIpc) is 3.45. The zero-order chi connectivity index (χ0) is 24.9. The van der Waals surface area contributed by atoms with Crippen molar-refractivity contribution in [3.8, 4) is 0 Å². The highest BCUT2D eigenvalue weighted by atomic mass is 19.1. The molecule has 5 rings (SSSR count). The number of rotatable bonds is 5. The molecular formula is C24H26FN5O5. The first kappa shape index (κ1) is 23.0. The number of halogens is 1. The zero-order valence-corrected chi connectivity index (χ0v) is 19.5. The van der Waals surface area contributed by atoms with Gasteiger partial charge in [0.25, 0.3) is 5.91 Å². The maximum absolute atomic E-state index is 15.2. The maximum Gasteiger partial charge on any atom is 0.407 e.